The molecule has 2 bridgehead atoms. The van der Waals surface area contributed by atoms with Crippen molar-refractivity contribution in [3.63, 3.8) is 0 Å². The van der Waals surface area contributed by atoms with Crippen molar-refractivity contribution in [3.8, 4) is 0 Å². The first-order valence-corrected chi connectivity index (χ1v) is 8.56. The number of nitrogens with one attached hydrogen (secondary N) is 1. The van der Waals surface area contributed by atoms with E-state index in [1.54, 1.807) is 12.3 Å². The second-order valence-electron chi connectivity index (χ2n) is 7.04. The molecule has 5 rings (SSSR count). The molecular weight excluding hydrogens is 334 g/mol. The summed E-state index contributed by atoms with van der Waals surface area (Å²) < 4.78 is 6.27. The molecule has 7 nitrogen and oxygen atoms in total. The largest absolute Gasteiger partial charge is 0.381 e. The van der Waals surface area contributed by atoms with Crippen molar-refractivity contribution in [1.29, 1.82) is 0 Å². The fourth-order valence-corrected chi connectivity index (χ4v) is 4.60. The Morgan fingerprint density at radius 3 is 3.04 bits per heavy atom. The van der Waals surface area contributed by atoms with Gasteiger partial charge in [0, 0.05) is 22.4 Å². The van der Waals surface area contributed by atoms with Crippen LogP contribution in [0.1, 0.15) is 29.2 Å². The van der Waals surface area contributed by atoms with Crippen molar-refractivity contribution in [2.45, 2.75) is 29.8 Å². The van der Waals surface area contributed by atoms with E-state index in [1.807, 2.05) is 42.5 Å². The summed E-state index contributed by atoms with van der Waals surface area (Å²) in [7, 11) is 0. The molecule has 26 heavy (non-hydrogen) atoms. The molecule has 4 atom stereocenters. The SMILES string of the molecule is O=[N+]([O-])C[C@@H]1C[C@]2(O)c3ccccc3N[C@H]3C=C[C@@]2(O3)c2ncccc21. The molecule has 132 valence electrons. The highest BCUT2D eigenvalue weighted by atomic mass is 16.6. The van der Waals surface area contributed by atoms with E-state index in [4.69, 9.17) is 4.74 Å². The second kappa shape index (κ2) is 5.12. The third kappa shape index (κ3) is 1.87. The van der Waals surface area contributed by atoms with Crippen molar-refractivity contribution in [3.05, 3.63) is 81.7 Å². The minimum Gasteiger partial charge on any atom is -0.381 e. The quantitative estimate of drug-likeness (QED) is 0.489. The number of ether oxygens (including phenoxy) is 1. The summed E-state index contributed by atoms with van der Waals surface area (Å²) in [4.78, 5) is 15.4. The minimum atomic E-state index is -1.46. The van der Waals surface area contributed by atoms with Crippen LogP contribution in [0.4, 0.5) is 5.69 Å². The zero-order chi connectivity index (χ0) is 17.9. The Kier molecular flexibility index (Phi) is 3.05. The number of anilines is 1. The van der Waals surface area contributed by atoms with Crippen LogP contribution >= 0.6 is 0 Å². The van der Waals surface area contributed by atoms with E-state index in [2.05, 4.69) is 10.3 Å². The van der Waals surface area contributed by atoms with Gasteiger partial charge < -0.3 is 15.2 Å². The average Bonchev–Trinajstić information content (AvgIpc) is 3.01. The molecule has 0 saturated carbocycles. The first-order valence-electron chi connectivity index (χ1n) is 8.56. The molecule has 1 spiro atoms. The van der Waals surface area contributed by atoms with Crippen LogP contribution in [-0.2, 0) is 15.9 Å². The van der Waals surface area contributed by atoms with Gasteiger partial charge in [0.05, 0.1) is 11.6 Å². The standard InChI is InChI=1S/C19H17N3O4/c23-18-10-12(11-22(24)25)13-4-3-9-20-17(13)19(18)8-7-16(26-19)21-15-6-2-1-5-14(15)18/h1-9,12,16,21,23H,10-11H2/t12-,16+,18-,19+/m0/s1. The molecule has 7 heteroatoms. The summed E-state index contributed by atoms with van der Waals surface area (Å²) in [6.45, 7) is -0.264. The Bertz CT molecular complexity index is 946. The third-order valence-corrected chi connectivity index (χ3v) is 5.65. The summed E-state index contributed by atoms with van der Waals surface area (Å²) in [5.74, 6) is -0.452. The van der Waals surface area contributed by atoms with E-state index in [0.717, 1.165) is 11.3 Å². The summed E-state index contributed by atoms with van der Waals surface area (Å²) >= 11 is 0. The molecule has 1 aliphatic carbocycles. The van der Waals surface area contributed by atoms with Gasteiger partial charge >= 0.3 is 0 Å². The van der Waals surface area contributed by atoms with Crippen LogP contribution in [0.3, 0.4) is 0 Å². The predicted molar refractivity (Wildman–Crippen MR) is 93.1 cm³/mol. The lowest BCUT2D eigenvalue weighted by Crippen LogP contribution is -2.54. The number of hydrogen-bond donors (Lipinski definition) is 2. The van der Waals surface area contributed by atoms with Gasteiger partial charge in [-0.15, -0.1) is 0 Å². The molecule has 2 N–H and O–H groups in total. The van der Waals surface area contributed by atoms with Crippen molar-refractivity contribution in [1.82, 2.24) is 4.98 Å². The van der Waals surface area contributed by atoms with Crippen LogP contribution in [0.5, 0.6) is 0 Å². The van der Waals surface area contributed by atoms with Gasteiger partial charge in [-0.2, -0.15) is 0 Å². The molecule has 2 aromatic rings. The average molecular weight is 351 g/mol. The zero-order valence-corrected chi connectivity index (χ0v) is 13.8. The summed E-state index contributed by atoms with van der Waals surface area (Å²) in [6.07, 6.45) is 5.13. The van der Waals surface area contributed by atoms with Gasteiger partial charge in [0.25, 0.3) is 0 Å². The maximum absolute atomic E-state index is 12.0. The van der Waals surface area contributed by atoms with Crippen LogP contribution in [0.25, 0.3) is 0 Å². The Hall–Kier alpha value is -2.77. The van der Waals surface area contributed by atoms with Crippen LogP contribution in [0.15, 0.2) is 54.7 Å². The Morgan fingerprint density at radius 2 is 2.19 bits per heavy atom. The van der Waals surface area contributed by atoms with Crippen molar-refractivity contribution in [2.75, 3.05) is 11.9 Å². The van der Waals surface area contributed by atoms with Gasteiger partial charge in [-0.1, -0.05) is 24.3 Å². The van der Waals surface area contributed by atoms with E-state index in [0.29, 0.717) is 11.3 Å². The lowest BCUT2D eigenvalue weighted by Gasteiger charge is -2.48. The minimum absolute atomic E-state index is 0.183. The summed E-state index contributed by atoms with van der Waals surface area (Å²) in [5, 5.41) is 26.5. The van der Waals surface area contributed by atoms with Crippen LogP contribution in [-0.4, -0.2) is 27.8 Å². The van der Waals surface area contributed by atoms with Crippen molar-refractivity contribution < 1.29 is 14.8 Å². The first-order chi connectivity index (χ1) is 12.5. The molecule has 0 saturated heterocycles. The number of aromatic nitrogens is 1. The smallest absolute Gasteiger partial charge is 0.210 e. The van der Waals surface area contributed by atoms with E-state index in [9.17, 15) is 15.2 Å². The fraction of sp³-hybridized carbons (Fsp3) is 0.316. The van der Waals surface area contributed by atoms with E-state index >= 15 is 0 Å². The van der Waals surface area contributed by atoms with Gasteiger partial charge in [0.2, 0.25) is 6.54 Å². The number of aliphatic hydroxyl groups is 1. The maximum atomic E-state index is 12.0. The first kappa shape index (κ1) is 15.5. The predicted octanol–water partition coefficient (Wildman–Crippen LogP) is 2.27. The van der Waals surface area contributed by atoms with Gasteiger partial charge in [-0.3, -0.25) is 15.1 Å². The molecule has 3 aliphatic rings. The number of para-hydroxylation sites is 1. The number of hydrogen-bond acceptors (Lipinski definition) is 6. The van der Waals surface area contributed by atoms with Crippen LogP contribution in [0, 0.1) is 10.1 Å². The normalized spacial score (nSPS) is 33.4. The van der Waals surface area contributed by atoms with Gasteiger partial charge in [0.1, 0.15) is 11.8 Å². The molecule has 0 unspecified atom stereocenters. The maximum Gasteiger partial charge on any atom is 0.210 e. The lowest BCUT2D eigenvalue weighted by atomic mass is 9.63. The molecule has 1 aromatic heterocycles. The number of rotatable bonds is 2. The highest BCUT2D eigenvalue weighted by molar-refractivity contribution is 5.61. The number of fused-ring (bicyclic) bond motifs is 4. The van der Waals surface area contributed by atoms with E-state index in [1.165, 1.54) is 0 Å². The number of pyridine rings is 1. The van der Waals surface area contributed by atoms with Crippen LogP contribution in [0.2, 0.25) is 0 Å². The lowest BCUT2D eigenvalue weighted by molar-refractivity contribution is -0.485. The van der Waals surface area contributed by atoms with Crippen molar-refractivity contribution in [2.24, 2.45) is 0 Å². The third-order valence-electron chi connectivity index (χ3n) is 5.65. The molecule has 0 amide bonds. The molecule has 0 radical (unpaired) electrons. The second-order valence-corrected chi connectivity index (χ2v) is 7.04. The topological polar surface area (TPSA) is 97.5 Å². The Balaban J connectivity index is 1.80. The van der Waals surface area contributed by atoms with E-state index in [-0.39, 0.29) is 17.9 Å². The van der Waals surface area contributed by atoms with Crippen molar-refractivity contribution >= 4 is 5.69 Å². The molecule has 0 fully saturated rings. The summed E-state index contributed by atoms with van der Waals surface area (Å²) in [6, 6.07) is 11.1. The highest BCUT2D eigenvalue weighted by Gasteiger charge is 2.63. The van der Waals surface area contributed by atoms with E-state index < -0.39 is 23.3 Å². The molecule has 1 aromatic carbocycles. The van der Waals surface area contributed by atoms with Gasteiger partial charge in [-0.05, 0) is 36.3 Å². The molecule has 2 aliphatic heterocycles. The molecule has 3 heterocycles. The van der Waals surface area contributed by atoms with Crippen LogP contribution < -0.4 is 5.32 Å². The summed E-state index contributed by atoms with van der Waals surface area (Å²) in [5.41, 5.74) is 0.139. The molecular formula is C19H17N3O4. The Morgan fingerprint density at radius 1 is 1.35 bits per heavy atom. The Labute approximate surface area is 149 Å². The monoisotopic (exact) mass is 351 g/mol. The van der Waals surface area contributed by atoms with Gasteiger partial charge in [-0.25, -0.2) is 0 Å². The number of nitrogens with zero attached hydrogens (tertiary/aromatic N) is 2. The number of benzene rings is 1. The number of nitro groups is 1. The van der Waals surface area contributed by atoms with Gasteiger partial charge in [0.15, 0.2) is 5.60 Å². The fourth-order valence-electron chi connectivity index (χ4n) is 4.60. The highest BCUT2D eigenvalue weighted by Crippen LogP contribution is 2.59. The zero-order valence-electron chi connectivity index (χ0n) is 13.8.